The topological polar surface area (TPSA) is 54.5 Å². The summed E-state index contributed by atoms with van der Waals surface area (Å²) >= 11 is 0. The van der Waals surface area contributed by atoms with Gasteiger partial charge in [-0.25, -0.2) is 8.42 Å². The lowest BCUT2D eigenvalue weighted by atomic mass is 9.98. The average Bonchev–Trinajstić information content (AvgIpc) is 3.09. The van der Waals surface area contributed by atoms with Crippen molar-refractivity contribution in [1.82, 2.24) is 4.90 Å². The first-order valence-corrected chi connectivity index (χ1v) is 9.24. The molecule has 0 aromatic heterocycles. The number of rotatable bonds is 4. The molecule has 1 aromatic rings. The van der Waals surface area contributed by atoms with Crippen molar-refractivity contribution in [3.05, 3.63) is 28.3 Å². The SMILES string of the molecule is Cc1cc(C)c(S(=O)(=O)Cl)c(C)c1C(=O)N(C)CC1CC1. The molecule has 1 aromatic carbocycles. The minimum Gasteiger partial charge on any atom is -0.341 e. The molecular weight excluding hydrogens is 310 g/mol. The number of aryl methyl sites for hydroxylation is 2. The molecule has 1 fully saturated rings. The first kappa shape index (κ1) is 16.3. The third kappa shape index (κ3) is 3.40. The highest BCUT2D eigenvalue weighted by molar-refractivity contribution is 8.13. The molecule has 0 unspecified atom stereocenters. The van der Waals surface area contributed by atoms with Crippen LogP contribution in [0, 0.1) is 26.7 Å². The highest BCUT2D eigenvalue weighted by Crippen LogP contribution is 2.32. The average molecular weight is 330 g/mol. The first-order chi connectivity index (χ1) is 9.62. The van der Waals surface area contributed by atoms with Crippen LogP contribution in [0.1, 0.15) is 39.9 Å². The molecule has 4 nitrogen and oxygen atoms in total. The number of nitrogens with zero attached hydrogens (tertiary/aromatic N) is 1. The van der Waals surface area contributed by atoms with Crippen molar-refractivity contribution in [3.63, 3.8) is 0 Å². The molecule has 0 spiro atoms. The second-order valence-electron chi connectivity index (χ2n) is 5.91. The molecule has 0 heterocycles. The molecule has 1 amide bonds. The Bertz CT molecular complexity index is 693. The van der Waals surface area contributed by atoms with E-state index in [9.17, 15) is 13.2 Å². The number of halogens is 1. The highest BCUT2D eigenvalue weighted by atomic mass is 35.7. The third-order valence-corrected chi connectivity index (χ3v) is 5.51. The molecule has 0 radical (unpaired) electrons. The maximum absolute atomic E-state index is 12.6. The summed E-state index contributed by atoms with van der Waals surface area (Å²) in [5.41, 5.74) is 2.24. The van der Waals surface area contributed by atoms with E-state index in [1.54, 1.807) is 31.9 Å². The lowest BCUT2D eigenvalue weighted by molar-refractivity contribution is 0.0787. The summed E-state index contributed by atoms with van der Waals surface area (Å²) < 4.78 is 23.5. The Kier molecular flexibility index (Phi) is 4.36. The summed E-state index contributed by atoms with van der Waals surface area (Å²) in [6.45, 7) is 5.88. The minimum atomic E-state index is -3.87. The zero-order chi connectivity index (χ0) is 15.9. The summed E-state index contributed by atoms with van der Waals surface area (Å²) in [5, 5.41) is 0. The fourth-order valence-corrected chi connectivity index (χ4v) is 4.46. The van der Waals surface area contributed by atoms with Crippen LogP contribution in [0.25, 0.3) is 0 Å². The maximum atomic E-state index is 12.6. The third-order valence-electron chi connectivity index (χ3n) is 3.93. The second kappa shape index (κ2) is 5.61. The van der Waals surface area contributed by atoms with Gasteiger partial charge in [0.15, 0.2) is 0 Å². The van der Waals surface area contributed by atoms with Gasteiger partial charge >= 0.3 is 0 Å². The Balaban J connectivity index is 2.50. The lowest BCUT2D eigenvalue weighted by Crippen LogP contribution is -2.30. The highest BCUT2D eigenvalue weighted by Gasteiger charge is 2.28. The van der Waals surface area contributed by atoms with Crippen LogP contribution in [0.15, 0.2) is 11.0 Å². The van der Waals surface area contributed by atoms with Crippen molar-refractivity contribution in [2.45, 2.75) is 38.5 Å². The van der Waals surface area contributed by atoms with Crippen molar-refractivity contribution in [2.75, 3.05) is 13.6 Å². The minimum absolute atomic E-state index is 0.0536. The van der Waals surface area contributed by atoms with Gasteiger partial charge in [-0.3, -0.25) is 4.79 Å². The van der Waals surface area contributed by atoms with Crippen molar-refractivity contribution in [1.29, 1.82) is 0 Å². The Labute approximate surface area is 130 Å². The van der Waals surface area contributed by atoms with Gasteiger partial charge in [0, 0.05) is 29.8 Å². The van der Waals surface area contributed by atoms with Gasteiger partial charge in [0.25, 0.3) is 15.0 Å². The van der Waals surface area contributed by atoms with Gasteiger partial charge < -0.3 is 4.90 Å². The van der Waals surface area contributed by atoms with Crippen molar-refractivity contribution in [2.24, 2.45) is 5.92 Å². The molecule has 0 N–H and O–H groups in total. The van der Waals surface area contributed by atoms with Crippen LogP contribution in [-0.4, -0.2) is 32.8 Å². The molecule has 116 valence electrons. The predicted octanol–water partition coefficient (Wildman–Crippen LogP) is 3.02. The molecule has 0 atom stereocenters. The van der Waals surface area contributed by atoms with Crippen LogP contribution in [-0.2, 0) is 9.05 Å². The molecule has 2 rings (SSSR count). The van der Waals surface area contributed by atoms with Crippen LogP contribution in [0.3, 0.4) is 0 Å². The van der Waals surface area contributed by atoms with E-state index in [0.29, 0.717) is 29.2 Å². The lowest BCUT2D eigenvalue weighted by Gasteiger charge is -2.21. The van der Waals surface area contributed by atoms with Crippen LogP contribution >= 0.6 is 10.7 Å². The first-order valence-electron chi connectivity index (χ1n) is 6.94. The van der Waals surface area contributed by atoms with Crippen molar-refractivity contribution in [3.8, 4) is 0 Å². The number of hydrogen-bond donors (Lipinski definition) is 0. The quantitative estimate of drug-likeness (QED) is 0.798. The fourth-order valence-electron chi connectivity index (χ4n) is 2.83. The molecule has 0 saturated heterocycles. The number of hydrogen-bond acceptors (Lipinski definition) is 3. The molecule has 6 heteroatoms. The number of carbonyl (C=O) groups is 1. The zero-order valence-corrected chi connectivity index (χ0v) is 14.3. The normalized spacial score (nSPS) is 15.1. The Morgan fingerprint density at radius 1 is 1.29 bits per heavy atom. The Morgan fingerprint density at radius 2 is 1.86 bits per heavy atom. The number of carbonyl (C=O) groups excluding carboxylic acids is 1. The van der Waals surface area contributed by atoms with Crippen LogP contribution in [0.5, 0.6) is 0 Å². The summed E-state index contributed by atoms with van der Waals surface area (Å²) in [6, 6.07) is 1.71. The van der Waals surface area contributed by atoms with Gasteiger partial charge in [-0.05, 0) is 56.2 Å². The maximum Gasteiger partial charge on any atom is 0.261 e. The monoisotopic (exact) mass is 329 g/mol. The zero-order valence-electron chi connectivity index (χ0n) is 12.7. The van der Waals surface area contributed by atoms with E-state index in [2.05, 4.69) is 0 Å². The molecule has 0 bridgehead atoms. The van der Waals surface area contributed by atoms with Crippen LogP contribution in [0.4, 0.5) is 0 Å². The van der Waals surface area contributed by atoms with Crippen molar-refractivity contribution >= 4 is 25.6 Å². The predicted molar refractivity (Wildman–Crippen MR) is 83.4 cm³/mol. The van der Waals surface area contributed by atoms with Gasteiger partial charge in [0.2, 0.25) is 0 Å². The van der Waals surface area contributed by atoms with E-state index in [0.717, 1.165) is 18.4 Å². The van der Waals surface area contributed by atoms with Crippen LogP contribution in [0.2, 0.25) is 0 Å². The second-order valence-corrected chi connectivity index (χ2v) is 8.41. The molecule has 1 aliphatic carbocycles. The van der Waals surface area contributed by atoms with Gasteiger partial charge in [-0.2, -0.15) is 0 Å². The molecule has 1 saturated carbocycles. The van der Waals surface area contributed by atoms with Gasteiger partial charge in [0.1, 0.15) is 0 Å². The van der Waals surface area contributed by atoms with E-state index in [1.165, 1.54) is 0 Å². The van der Waals surface area contributed by atoms with E-state index in [1.807, 2.05) is 6.92 Å². The van der Waals surface area contributed by atoms with E-state index >= 15 is 0 Å². The van der Waals surface area contributed by atoms with E-state index in [-0.39, 0.29) is 10.8 Å². The number of amides is 1. The van der Waals surface area contributed by atoms with Crippen molar-refractivity contribution < 1.29 is 13.2 Å². The number of benzene rings is 1. The molecular formula is C15H20ClNO3S. The molecule has 21 heavy (non-hydrogen) atoms. The van der Waals surface area contributed by atoms with E-state index < -0.39 is 9.05 Å². The van der Waals surface area contributed by atoms with Gasteiger partial charge in [-0.15, -0.1) is 0 Å². The summed E-state index contributed by atoms with van der Waals surface area (Å²) in [4.78, 5) is 14.4. The summed E-state index contributed by atoms with van der Waals surface area (Å²) in [6.07, 6.45) is 2.32. The molecule has 1 aliphatic rings. The Morgan fingerprint density at radius 3 is 2.33 bits per heavy atom. The Hall–Kier alpha value is -1.07. The fraction of sp³-hybridized carbons (Fsp3) is 0.533. The summed E-state index contributed by atoms with van der Waals surface area (Å²) in [5.74, 6) is 0.444. The standard InChI is InChI=1S/C15H20ClNO3S/c1-9-7-10(2)14(21(16,19)20)11(3)13(9)15(18)17(4)8-12-5-6-12/h7,12H,5-6,8H2,1-4H3. The van der Waals surface area contributed by atoms with Gasteiger partial charge in [-0.1, -0.05) is 6.07 Å². The van der Waals surface area contributed by atoms with E-state index in [4.69, 9.17) is 10.7 Å². The largest absolute Gasteiger partial charge is 0.341 e. The van der Waals surface area contributed by atoms with Gasteiger partial charge in [0.05, 0.1) is 4.90 Å². The smallest absolute Gasteiger partial charge is 0.261 e. The summed E-state index contributed by atoms with van der Waals surface area (Å²) in [7, 11) is 3.41. The van der Waals surface area contributed by atoms with Crippen LogP contribution < -0.4 is 0 Å². The molecule has 0 aliphatic heterocycles.